The average molecular weight is 420 g/mol. The number of rotatable bonds is 6. The fraction of sp³-hybridized carbons (Fsp3) is 0.333. The number of carbonyl (C=O) groups excluding carboxylic acids is 2. The highest BCUT2D eigenvalue weighted by molar-refractivity contribution is 5.99. The van der Waals surface area contributed by atoms with E-state index in [1.54, 1.807) is 18.2 Å². The van der Waals surface area contributed by atoms with Crippen molar-refractivity contribution in [3.8, 4) is 11.5 Å². The van der Waals surface area contributed by atoms with Crippen LogP contribution in [0.5, 0.6) is 0 Å². The Balaban J connectivity index is 0.00000240. The zero-order valence-corrected chi connectivity index (χ0v) is 16.4. The first-order valence-corrected chi connectivity index (χ1v) is 9.06. The van der Waals surface area contributed by atoms with Gasteiger partial charge in [0.15, 0.2) is 17.1 Å². The molecule has 10 nitrogen and oxygen atoms in total. The van der Waals surface area contributed by atoms with Gasteiger partial charge in [-0.1, -0.05) is 0 Å². The number of furan rings is 1. The number of hydrogen-bond acceptors (Lipinski definition) is 7. The van der Waals surface area contributed by atoms with Crippen LogP contribution in [0.15, 0.2) is 35.2 Å². The third-order valence-electron chi connectivity index (χ3n) is 4.66. The second kappa shape index (κ2) is 9.03. The molecule has 4 N–H and O–H groups in total. The van der Waals surface area contributed by atoms with Crippen molar-refractivity contribution in [2.45, 2.75) is 0 Å². The van der Waals surface area contributed by atoms with Gasteiger partial charge in [0.2, 0.25) is 0 Å². The van der Waals surface area contributed by atoms with Gasteiger partial charge in [-0.25, -0.2) is 9.97 Å². The molecule has 3 aromatic rings. The third kappa shape index (κ3) is 4.39. The van der Waals surface area contributed by atoms with Crippen LogP contribution >= 0.6 is 12.4 Å². The van der Waals surface area contributed by atoms with Crippen LogP contribution in [-0.4, -0.2) is 70.4 Å². The molecule has 0 radical (unpaired) electrons. The first kappa shape index (κ1) is 20.8. The van der Waals surface area contributed by atoms with E-state index in [-0.39, 0.29) is 29.7 Å². The van der Waals surface area contributed by atoms with Crippen molar-refractivity contribution in [3.05, 3.63) is 42.2 Å². The second-order valence-electron chi connectivity index (χ2n) is 6.50. The van der Waals surface area contributed by atoms with Crippen LogP contribution in [0, 0.1) is 0 Å². The van der Waals surface area contributed by atoms with Gasteiger partial charge in [0.1, 0.15) is 17.7 Å². The van der Waals surface area contributed by atoms with Crippen molar-refractivity contribution in [1.29, 1.82) is 0 Å². The Morgan fingerprint density at radius 3 is 2.79 bits per heavy atom. The molecule has 0 atom stereocenters. The van der Waals surface area contributed by atoms with E-state index in [9.17, 15) is 9.59 Å². The van der Waals surface area contributed by atoms with Gasteiger partial charge in [0.25, 0.3) is 11.8 Å². The zero-order chi connectivity index (χ0) is 19.5. The molecule has 4 heterocycles. The molecule has 1 saturated heterocycles. The van der Waals surface area contributed by atoms with E-state index in [4.69, 9.17) is 10.2 Å². The third-order valence-corrected chi connectivity index (χ3v) is 4.66. The highest BCUT2D eigenvalue weighted by atomic mass is 35.5. The monoisotopic (exact) mass is 419 g/mol. The largest absolute Gasteiger partial charge is 0.463 e. The molecule has 3 aromatic heterocycles. The lowest BCUT2D eigenvalue weighted by molar-refractivity contribution is 0.0939. The van der Waals surface area contributed by atoms with Crippen LogP contribution in [0.2, 0.25) is 0 Å². The number of aromatic nitrogens is 3. The van der Waals surface area contributed by atoms with Crippen molar-refractivity contribution in [2.75, 3.05) is 39.3 Å². The molecule has 1 aliphatic rings. The maximum Gasteiger partial charge on any atom is 0.271 e. The number of nitrogens with two attached hydrogens (primary N) is 1. The summed E-state index contributed by atoms with van der Waals surface area (Å²) in [6.07, 6.45) is 2.89. The molecule has 1 aliphatic heterocycles. The van der Waals surface area contributed by atoms with E-state index in [0.29, 0.717) is 23.7 Å². The van der Waals surface area contributed by atoms with E-state index in [0.717, 1.165) is 32.7 Å². The van der Waals surface area contributed by atoms with Gasteiger partial charge in [-0.2, -0.15) is 0 Å². The summed E-state index contributed by atoms with van der Waals surface area (Å²) in [5.41, 5.74) is 6.34. The molecule has 11 heteroatoms. The van der Waals surface area contributed by atoms with Gasteiger partial charge in [0.05, 0.1) is 6.26 Å². The van der Waals surface area contributed by atoms with Gasteiger partial charge >= 0.3 is 0 Å². The first-order valence-electron chi connectivity index (χ1n) is 9.06. The smallest absolute Gasteiger partial charge is 0.271 e. The van der Waals surface area contributed by atoms with E-state index in [1.165, 1.54) is 17.0 Å². The van der Waals surface area contributed by atoms with Crippen LogP contribution in [0.1, 0.15) is 21.0 Å². The van der Waals surface area contributed by atoms with Crippen molar-refractivity contribution in [2.24, 2.45) is 5.73 Å². The average Bonchev–Trinajstić information content (AvgIpc) is 3.37. The molecule has 2 amide bonds. The Morgan fingerprint density at radius 2 is 2.10 bits per heavy atom. The molecule has 0 bridgehead atoms. The van der Waals surface area contributed by atoms with Crippen LogP contribution in [0.25, 0.3) is 17.1 Å². The van der Waals surface area contributed by atoms with Crippen LogP contribution in [0.3, 0.4) is 0 Å². The van der Waals surface area contributed by atoms with Crippen molar-refractivity contribution in [1.82, 2.24) is 29.9 Å². The molecule has 0 saturated carbocycles. The van der Waals surface area contributed by atoms with Gasteiger partial charge in [-0.05, 0) is 18.2 Å². The Kier molecular flexibility index (Phi) is 6.47. The minimum absolute atomic E-state index is 0. The predicted molar refractivity (Wildman–Crippen MR) is 108 cm³/mol. The van der Waals surface area contributed by atoms with Crippen LogP contribution in [-0.2, 0) is 0 Å². The molecular formula is C18H22ClN7O3. The summed E-state index contributed by atoms with van der Waals surface area (Å²) in [5, 5.41) is 6.22. The number of carbonyl (C=O) groups is 2. The number of amides is 2. The molecule has 0 aliphatic carbocycles. The van der Waals surface area contributed by atoms with Crippen molar-refractivity contribution < 1.29 is 14.0 Å². The van der Waals surface area contributed by atoms with E-state index < -0.39 is 5.91 Å². The summed E-state index contributed by atoms with van der Waals surface area (Å²) < 4.78 is 6.85. The molecule has 1 fully saturated rings. The summed E-state index contributed by atoms with van der Waals surface area (Å²) in [7, 11) is 0. The summed E-state index contributed by atoms with van der Waals surface area (Å²) >= 11 is 0. The van der Waals surface area contributed by atoms with Gasteiger partial charge in [-0.3, -0.25) is 18.9 Å². The number of fused-ring (bicyclic) bond motifs is 1. The van der Waals surface area contributed by atoms with Gasteiger partial charge in [0, 0.05) is 39.3 Å². The summed E-state index contributed by atoms with van der Waals surface area (Å²) in [6, 6.07) is 5.06. The van der Waals surface area contributed by atoms with E-state index >= 15 is 0 Å². The number of imidazole rings is 1. The Bertz CT molecular complexity index is 996. The lowest BCUT2D eigenvalue weighted by atomic mass is 10.2. The minimum Gasteiger partial charge on any atom is -0.463 e. The lowest BCUT2D eigenvalue weighted by Gasteiger charge is -2.27. The standard InChI is InChI=1S/C18H21N7O3.ClH/c19-16(26)15-17-23-12(14-2-1-9-28-14)10-13(25(17)11-22-15)18(27)21-5-8-24-6-3-20-4-7-24;/h1-2,9-11,20H,3-8H2,(H2,19,26)(H,21,27);1H. The minimum atomic E-state index is -0.711. The fourth-order valence-electron chi connectivity index (χ4n) is 3.22. The van der Waals surface area contributed by atoms with Crippen molar-refractivity contribution >= 4 is 29.9 Å². The molecular weight excluding hydrogens is 398 g/mol. The van der Waals surface area contributed by atoms with E-state index in [1.807, 2.05) is 0 Å². The van der Waals surface area contributed by atoms with E-state index in [2.05, 4.69) is 25.5 Å². The summed E-state index contributed by atoms with van der Waals surface area (Å²) in [5.74, 6) is -0.519. The molecule has 0 aromatic carbocycles. The molecule has 154 valence electrons. The number of primary amides is 1. The van der Waals surface area contributed by atoms with Crippen LogP contribution in [0.4, 0.5) is 0 Å². The highest BCUT2D eigenvalue weighted by Crippen LogP contribution is 2.21. The topological polar surface area (TPSA) is 131 Å². The summed E-state index contributed by atoms with van der Waals surface area (Å²) in [4.78, 5) is 35.2. The number of hydrogen-bond donors (Lipinski definition) is 3. The van der Waals surface area contributed by atoms with Gasteiger partial charge < -0.3 is 20.8 Å². The SMILES string of the molecule is Cl.NC(=O)c1ncn2c(C(=O)NCCN3CCNCC3)cc(-c3ccco3)nc12. The Hall–Kier alpha value is -2.95. The number of halogens is 1. The lowest BCUT2D eigenvalue weighted by Crippen LogP contribution is -2.46. The Morgan fingerprint density at radius 1 is 1.31 bits per heavy atom. The number of nitrogens with one attached hydrogen (secondary N) is 2. The van der Waals surface area contributed by atoms with Crippen LogP contribution < -0.4 is 16.4 Å². The number of piperazine rings is 1. The predicted octanol–water partition coefficient (Wildman–Crippen LogP) is 0.145. The first-order chi connectivity index (χ1) is 13.6. The quantitative estimate of drug-likeness (QED) is 0.518. The summed E-state index contributed by atoms with van der Waals surface area (Å²) in [6.45, 7) is 5.11. The molecule has 0 spiro atoms. The zero-order valence-electron chi connectivity index (χ0n) is 15.6. The molecule has 29 heavy (non-hydrogen) atoms. The molecule has 4 rings (SSSR count). The fourth-order valence-corrected chi connectivity index (χ4v) is 3.22. The van der Waals surface area contributed by atoms with Crippen molar-refractivity contribution in [3.63, 3.8) is 0 Å². The normalized spacial score (nSPS) is 14.5. The number of nitrogens with zero attached hydrogens (tertiary/aromatic N) is 4. The van der Waals surface area contributed by atoms with Gasteiger partial charge in [-0.15, -0.1) is 12.4 Å². The molecule has 0 unspecified atom stereocenters. The maximum absolute atomic E-state index is 12.8. The highest BCUT2D eigenvalue weighted by Gasteiger charge is 2.20. The Labute approximate surface area is 172 Å². The second-order valence-corrected chi connectivity index (χ2v) is 6.50. The maximum atomic E-state index is 12.8.